The van der Waals surface area contributed by atoms with E-state index in [0.717, 1.165) is 49.6 Å². The van der Waals surface area contributed by atoms with Crippen LogP contribution in [0.3, 0.4) is 0 Å². The summed E-state index contributed by atoms with van der Waals surface area (Å²) < 4.78 is 240. The van der Waals surface area contributed by atoms with Gasteiger partial charge in [0.25, 0.3) is 10.1 Å². The van der Waals surface area contributed by atoms with Crippen molar-refractivity contribution in [3.63, 3.8) is 0 Å². The Morgan fingerprint density at radius 1 is 0.638 bits per heavy atom. The van der Waals surface area contributed by atoms with Crippen molar-refractivity contribution in [1.29, 1.82) is 0 Å². The number of benzene rings is 6. The van der Waals surface area contributed by atoms with Gasteiger partial charge in [0.2, 0.25) is 37.4 Å². The second-order valence-electron chi connectivity index (χ2n) is 15.7. The van der Waals surface area contributed by atoms with E-state index in [9.17, 15) is 78.9 Å². The predicted octanol–water partition coefficient (Wildman–Crippen LogP) is -14.3. The van der Waals surface area contributed by atoms with Crippen molar-refractivity contribution in [1.82, 2.24) is 15.0 Å². The number of rotatable bonds is 24. The Balaban J connectivity index is 0. The molecular weight excluding hydrogens is 1510 g/mol. The average molecular weight is 1540 g/mol. The van der Waals surface area contributed by atoms with Crippen molar-refractivity contribution in [3.8, 4) is 23.0 Å². The van der Waals surface area contributed by atoms with E-state index in [1.807, 2.05) is 0 Å². The van der Waals surface area contributed by atoms with Gasteiger partial charge in [0.1, 0.15) is 47.5 Å². The Labute approximate surface area is 677 Å². The van der Waals surface area contributed by atoms with Crippen molar-refractivity contribution in [2.24, 2.45) is 20.5 Å². The second-order valence-corrected chi connectivity index (χ2v) is 25.4. The molecule has 476 valence electrons. The Morgan fingerprint density at radius 2 is 1.21 bits per heavy atom. The first kappa shape index (κ1) is 94.5. The molecule has 0 saturated carbocycles. The van der Waals surface area contributed by atoms with Crippen LogP contribution in [0.15, 0.2) is 113 Å². The van der Waals surface area contributed by atoms with Crippen LogP contribution in [0.2, 0.25) is 5.28 Å². The average Bonchev–Trinajstić information content (AvgIpc) is 0.757. The summed E-state index contributed by atoms with van der Waals surface area (Å²) in [7, 11) is -30.9. The second kappa shape index (κ2) is 41.4. The molecule has 0 radical (unpaired) electrons. The molecule has 0 atom stereocenters. The number of phenols is 2. The number of hydrogen-bond acceptors (Lipinski definition) is 39. The number of nitrogens with zero attached hydrogens (tertiary/aromatic N) is 7. The summed E-state index contributed by atoms with van der Waals surface area (Å²) >= 11 is 9.39. The summed E-state index contributed by atoms with van der Waals surface area (Å²) in [5.74, 6) is -4.54. The third kappa shape index (κ3) is 28.1. The summed E-state index contributed by atoms with van der Waals surface area (Å²) in [5.41, 5.74) is -2.90. The molecule has 0 aliphatic carbocycles. The van der Waals surface area contributed by atoms with E-state index in [4.69, 9.17) is 39.0 Å². The Bertz CT molecular complexity index is 4740. The number of aromatic nitrogens is 3. The zero-order valence-electron chi connectivity index (χ0n) is 49.0. The minimum absolute atomic E-state index is 0. The van der Waals surface area contributed by atoms with Gasteiger partial charge in [0, 0.05) is 44.2 Å². The van der Waals surface area contributed by atoms with Crippen molar-refractivity contribution < 1.29 is 306 Å². The fourth-order valence-corrected chi connectivity index (χ4v) is 11.0. The third-order valence-electron chi connectivity index (χ3n) is 10.1. The van der Waals surface area contributed by atoms with Gasteiger partial charge in [0.15, 0.2) is 17.6 Å². The molecule has 0 fully saturated rings. The minimum Gasteiger partial charge on any atom is -0.744 e. The van der Waals surface area contributed by atoms with E-state index in [-0.39, 0.29) is 217 Å². The van der Waals surface area contributed by atoms with Gasteiger partial charge in [-0.05, 0) is 67.0 Å². The number of aromatic hydroxyl groups is 2. The van der Waals surface area contributed by atoms with Crippen LogP contribution in [0.1, 0.15) is 0 Å². The van der Waals surface area contributed by atoms with Crippen LogP contribution in [0, 0.1) is 12.1 Å². The number of hydrogen-bond donors (Lipinski definition) is 6. The molecule has 0 amide bonds. The van der Waals surface area contributed by atoms with E-state index in [2.05, 4.69) is 93.6 Å². The number of azo groups is 2. The zero-order chi connectivity index (χ0) is 65.7. The number of halogens is 1. The Hall–Kier alpha value is -1.59. The summed E-state index contributed by atoms with van der Waals surface area (Å²) in [6.07, 6.45) is 0. The molecule has 0 bridgehead atoms. The quantitative estimate of drug-likeness (QED) is 0.00280. The van der Waals surface area contributed by atoms with Crippen LogP contribution < -0.4 is 197 Å². The van der Waals surface area contributed by atoms with E-state index >= 15 is 0 Å². The molecular formula is C41H32ClN9Na6O29S8. The molecule has 0 saturated heterocycles. The van der Waals surface area contributed by atoms with Crippen LogP contribution in [0.25, 0.3) is 21.5 Å². The number of anilines is 4. The minimum atomic E-state index is -5.81. The molecule has 5 N–H and O–H groups in total. The van der Waals surface area contributed by atoms with Crippen molar-refractivity contribution in [2.75, 3.05) is 49.9 Å². The third-order valence-corrected chi connectivity index (χ3v) is 15.9. The van der Waals surface area contributed by atoms with Gasteiger partial charge < -0.3 is 52.7 Å². The van der Waals surface area contributed by atoms with Gasteiger partial charge in [-0.25, -0.2) is 52.5 Å². The molecule has 53 heteroatoms. The molecule has 7 aromatic rings. The maximum atomic E-state index is 13.0. The number of thiol groups is 1. The van der Waals surface area contributed by atoms with E-state index in [1.165, 1.54) is 25.3 Å². The first-order valence-corrected chi connectivity index (χ1v) is 32.6. The van der Waals surface area contributed by atoms with Crippen LogP contribution in [-0.4, -0.2) is 151 Å². The Kier molecular flexibility index (Phi) is 41.6. The molecule has 0 spiro atoms. The maximum absolute atomic E-state index is 13.0. The van der Waals surface area contributed by atoms with Crippen LogP contribution in [0.4, 0.5) is 46.0 Å². The molecule has 0 aliphatic rings. The SMILES string of the molecule is COc1cc[c-]cc1N=Nc1[c-]cc2cc(S(=O)(=O)[O-])cc(Nc3nc(Cl)nc(Nc4ccc5c(O)c(N=Nc6cc(S(=O)(=O)OCCOS(=O)(=O)[O-])ccc6OC)c(S(=O)(=O)[O-])cc5c4S(=O)(=O)[O-])n3)c2c1O.O=S(=O)(COS)COOO.O=S(=O)=O.[Na+].[Na+].[Na+].[Na+].[Na+].[Na+]. The van der Waals surface area contributed by atoms with Gasteiger partial charge >= 0.3 is 188 Å². The number of nitrogens with one attached hydrogen (secondary N) is 2. The topological polar surface area (TPSA) is 586 Å². The predicted molar refractivity (Wildman–Crippen MR) is 291 cm³/mol. The van der Waals surface area contributed by atoms with Crippen molar-refractivity contribution >= 4 is 163 Å². The number of methoxy groups -OCH3 is 2. The molecule has 6 aromatic carbocycles. The van der Waals surface area contributed by atoms with Gasteiger partial charge in [-0.2, -0.15) is 57.6 Å². The van der Waals surface area contributed by atoms with Crippen LogP contribution >= 0.6 is 24.5 Å². The smallest absolute Gasteiger partial charge is 0.744 e. The molecule has 94 heavy (non-hydrogen) atoms. The van der Waals surface area contributed by atoms with Crippen molar-refractivity contribution in [3.05, 3.63) is 90.2 Å². The summed E-state index contributed by atoms with van der Waals surface area (Å²) in [5, 5.41) is 51.2. The molecule has 1 aromatic heterocycles. The molecule has 0 aliphatic heterocycles. The van der Waals surface area contributed by atoms with E-state index < -0.39 is 173 Å². The molecule has 7 rings (SSSR count). The first-order chi connectivity index (χ1) is 40.9. The number of ether oxygens (including phenoxy) is 2. The Morgan fingerprint density at radius 3 is 1.76 bits per heavy atom. The van der Waals surface area contributed by atoms with E-state index in [1.54, 1.807) is 6.07 Å². The summed E-state index contributed by atoms with van der Waals surface area (Å²) in [6, 6.07) is 17.6. The number of fused-ring (bicyclic) bond motifs is 2. The molecule has 1 heterocycles. The fourth-order valence-electron chi connectivity index (χ4n) is 6.74. The van der Waals surface area contributed by atoms with Gasteiger partial charge in [-0.3, -0.25) is 8.37 Å². The van der Waals surface area contributed by atoms with Crippen LogP contribution in [-0.2, 0) is 93.8 Å². The molecule has 0 unspecified atom stereocenters. The maximum Gasteiger partial charge on any atom is 1.00 e. The van der Waals surface area contributed by atoms with Gasteiger partial charge in [-0.15, -0.1) is 40.4 Å². The fraction of sp³-hybridized carbons (Fsp3) is 0.146. The number of phenolic OH excluding ortho intramolecular Hbond substituents is 2. The molecule has 38 nitrogen and oxygen atoms in total. The van der Waals surface area contributed by atoms with Gasteiger partial charge in [-0.1, -0.05) is 16.5 Å². The standard InChI is InChI=1S/C39H30ClN9O20S5.C2H6O6S2.6Na.O3S/c1-66-29-6-4-3-5-24(29)46-47-25-10-7-19-15-21(70(52,53)54)17-28(32(19)35(25)51)42-39-44-37(40)43-38(45-39)41-26-11-9-22-23(36(26)72(58,59)60)18-31(71(55,56)57)33(34(22)50)49-48-27-16-20(8-12-30(27)67-2)73(61,62)68-13-14-69-74(63,64)65;3-8-6-1-10(4,5)2-7-9;;;;;;;1-4(2)3/h4-9,11-12,15-18,50-51H,13-14H2,1-2H3,(H,52,53,54)(H,55,56,57)(H,58,59,60)(H,63,64,65)(H2,41,42,43,44,45);3,9H,1-2H2;;;;;;;/q-2;;6*+1;/p-4. The zero-order valence-corrected chi connectivity index (χ0v) is 68.4. The first-order valence-electron chi connectivity index (χ1n) is 22.0. The normalized spacial score (nSPS) is 11.5. The van der Waals surface area contributed by atoms with Crippen LogP contribution in [0.5, 0.6) is 23.0 Å². The van der Waals surface area contributed by atoms with Gasteiger partial charge in [0.05, 0.1) is 47.8 Å². The van der Waals surface area contributed by atoms with Crippen molar-refractivity contribution in [2.45, 2.75) is 19.6 Å². The van der Waals surface area contributed by atoms with E-state index in [0.29, 0.717) is 6.07 Å². The summed E-state index contributed by atoms with van der Waals surface area (Å²) in [4.78, 5) is 11.2. The summed E-state index contributed by atoms with van der Waals surface area (Å²) in [6.45, 7) is -1.95. The monoisotopic (exact) mass is 1540 g/mol. The number of sulfone groups is 1. The largest absolute Gasteiger partial charge is 1.00 e.